The van der Waals surface area contributed by atoms with Gasteiger partial charge in [0.25, 0.3) is 0 Å². The van der Waals surface area contributed by atoms with Crippen molar-refractivity contribution >= 4 is 21.4 Å². The van der Waals surface area contributed by atoms with Gasteiger partial charge in [-0.15, -0.1) is 0 Å². The largest absolute Gasteiger partial charge is 0.385 e. The van der Waals surface area contributed by atoms with Crippen LogP contribution < -0.4 is 5.32 Å². The Balaban J connectivity index is 2.60. The molecule has 0 saturated heterocycles. The van der Waals surface area contributed by atoms with Crippen LogP contribution >= 0.6 is 11.6 Å². The van der Waals surface area contributed by atoms with Crippen molar-refractivity contribution in [3.63, 3.8) is 0 Å². The smallest absolute Gasteiger partial charge is 0.183 e. The van der Waals surface area contributed by atoms with Crippen LogP contribution in [-0.4, -0.2) is 40.5 Å². The lowest BCUT2D eigenvalue weighted by atomic mass is 10.4. The second-order valence-corrected chi connectivity index (χ2v) is 7.08. The van der Waals surface area contributed by atoms with Crippen LogP contribution in [0, 0.1) is 0 Å². The van der Waals surface area contributed by atoms with E-state index in [2.05, 4.69) is 5.32 Å². The molecule has 0 aliphatic rings. The van der Waals surface area contributed by atoms with Crippen molar-refractivity contribution in [1.29, 1.82) is 0 Å². The molecule has 1 aromatic carbocycles. The van der Waals surface area contributed by atoms with E-state index in [4.69, 9.17) is 16.3 Å². The molecular formula is C13H20ClNO3S. The van der Waals surface area contributed by atoms with E-state index in [9.17, 15) is 8.42 Å². The first-order chi connectivity index (χ1) is 9.00. The Hall–Kier alpha value is -0.620. The van der Waals surface area contributed by atoms with Crippen molar-refractivity contribution in [2.75, 3.05) is 26.8 Å². The molecule has 0 aliphatic carbocycles. The maximum atomic E-state index is 12.3. The molecule has 0 aromatic heterocycles. The number of nitrogens with one attached hydrogen (secondary N) is 1. The summed E-state index contributed by atoms with van der Waals surface area (Å²) >= 11 is 5.94. The van der Waals surface area contributed by atoms with Gasteiger partial charge in [-0.05, 0) is 32.0 Å². The SMILES string of the molecule is COCCCNCC(C)S(=O)(=O)c1ccccc1Cl. The molecule has 0 saturated carbocycles. The van der Waals surface area contributed by atoms with Crippen LogP contribution in [0.5, 0.6) is 0 Å². The lowest BCUT2D eigenvalue weighted by Crippen LogP contribution is -2.32. The predicted octanol–water partition coefficient (Wildman–Crippen LogP) is 2.13. The van der Waals surface area contributed by atoms with E-state index < -0.39 is 15.1 Å². The summed E-state index contributed by atoms with van der Waals surface area (Å²) in [6, 6.07) is 6.53. The van der Waals surface area contributed by atoms with Gasteiger partial charge in [-0.25, -0.2) is 8.42 Å². The minimum atomic E-state index is -3.39. The Bertz CT molecular complexity index is 490. The Kier molecular flexibility index (Phi) is 6.79. The van der Waals surface area contributed by atoms with Crippen molar-refractivity contribution < 1.29 is 13.2 Å². The minimum absolute atomic E-state index is 0.197. The first kappa shape index (κ1) is 16.4. The number of halogens is 1. The zero-order chi connectivity index (χ0) is 14.3. The molecule has 0 bridgehead atoms. The minimum Gasteiger partial charge on any atom is -0.385 e. The van der Waals surface area contributed by atoms with Gasteiger partial charge in [0.2, 0.25) is 0 Å². The highest BCUT2D eigenvalue weighted by Crippen LogP contribution is 2.24. The molecular weight excluding hydrogens is 286 g/mol. The molecule has 0 heterocycles. The maximum absolute atomic E-state index is 12.3. The number of ether oxygens (including phenoxy) is 1. The van der Waals surface area contributed by atoms with E-state index in [1.807, 2.05) is 0 Å². The summed E-state index contributed by atoms with van der Waals surface area (Å²) in [5.41, 5.74) is 0. The standard InChI is InChI=1S/C13H20ClNO3S/c1-11(10-15-8-5-9-18-2)19(16,17)13-7-4-3-6-12(13)14/h3-4,6-7,11,15H,5,8-10H2,1-2H3. The maximum Gasteiger partial charge on any atom is 0.183 e. The fourth-order valence-corrected chi connectivity index (χ4v) is 3.49. The molecule has 0 fully saturated rings. The summed E-state index contributed by atoms with van der Waals surface area (Å²) in [6.07, 6.45) is 0.857. The third-order valence-electron chi connectivity index (χ3n) is 2.81. The number of methoxy groups -OCH3 is 1. The summed E-state index contributed by atoms with van der Waals surface area (Å²) in [4.78, 5) is 0.197. The first-order valence-corrected chi connectivity index (χ1v) is 8.10. The lowest BCUT2D eigenvalue weighted by Gasteiger charge is -2.14. The average Bonchev–Trinajstić information content (AvgIpc) is 2.38. The Morgan fingerprint density at radius 1 is 1.37 bits per heavy atom. The Morgan fingerprint density at radius 2 is 2.05 bits per heavy atom. The number of benzene rings is 1. The summed E-state index contributed by atoms with van der Waals surface area (Å²) in [5, 5.41) is 2.87. The van der Waals surface area contributed by atoms with Crippen molar-refractivity contribution in [2.45, 2.75) is 23.5 Å². The predicted molar refractivity (Wildman–Crippen MR) is 77.5 cm³/mol. The molecule has 1 rings (SSSR count). The van der Waals surface area contributed by atoms with Gasteiger partial charge in [0.15, 0.2) is 9.84 Å². The molecule has 1 unspecified atom stereocenters. The van der Waals surface area contributed by atoms with Crippen molar-refractivity contribution in [1.82, 2.24) is 5.32 Å². The molecule has 1 N–H and O–H groups in total. The van der Waals surface area contributed by atoms with E-state index in [1.165, 1.54) is 0 Å². The van der Waals surface area contributed by atoms with Crippen LogP contribution in [0.15, 0.2) is 29.2 Å². The lowest BCUT2D eigenvalue weighted by molar-refractivity contribution is 0.194. The van der Waals surface area contributed by atoms with Crippen LogP contribution in [-0.2, 0) is 14.6 Å². The van der Waals surface area contributed by atoms with Crippen LogP contribution in [0.4, 0.5) is 0 Å². The van der Waals surface area contributed by atoms with Crippen molar-refractivity contribution in [2.24, 2.45) is 0 Å². The number of sulfone groups is 1. The molecule has 0 spiro atoms. The van der Waals surface area contributed by atoms with E-state index in [0.717, 1.165) is 13.0 Å². The van der Waals surface area contributed by atoms with E-state index >= 15 is 0 Å². The zero-order valence-electron chi connectivity index (χ0n) is 11.2. The van der Waals surface area contributed by atoms with Gasteiger partial charge >= 0.3 is 0 Å². The normalized spacial score (nSPS) is 13.4. The summed E-state index contributed by atoms with van der Waals surface area (Å²) < 4.78 is 29.6. The highest BCUT2D eigenvalue weighted by Gasteiger charge is 2.24. The molecule has 0 radical (unpaired) electrons. The molecule has 6 heteroatoms. The molecule has 19 heavy (non-hydrogen) atoms. The van der Waals surface area contributed by atoms with Gasteiger partial charge in [-0.3, -0.25) is 0 Å². The van der Waals surface area contributed by atoms with E-state index in [0.29, 0.717) is 13.2 Å². The summed E-state index contributed by atoms with van der Waals surface area (Å²) in [7, 11) is -1.74. The molecule has 4 nitrogen and oxygen atoms in total. The highest BCUT2D eigenvalue weighted by atomic mass is 35.5. The third kappa shape index (κ3) is 4.76. The molecule has 0 amide bonds. The Labute approximate surface area is 120 Å². The van der Waals surface area contributed by atoms with Gasteiger partial charge < -0.3 is 10.1 Å². The third-order valence-corrected chi connectivity index (χ3v) is 5.44. The van der Waals surface area contributed by atoms with Gasteiger partial charge in [0.05, 0.1) is 15.2 Å². The first-order valence-electron chi connectivity index (χ1n) is 6.18. The van der Waals surface area contributed by atoms with Crippen LogP contribution in [0.2, 0.25) is 5.02 Å². The Morgan fingerprint density at radius 3 is 2.68 bits per heavy atom. The van der Waals surface area contributed by atoms with Gasteiger partial charge in [0, 0.05) is 20.3 Å². The molecule has 0 aliphatic heterocycles. The van der Waals surface area contributed by atoms with Crippen molar-refractivity contribution in [3.05, 3.63) is 29.3 Å². The summed E-state index contributed by atoms with van der Waals surface area (Å²) in [6.45, 7) is 3.48. The number of rotatable bonds is 8. The van der Waals surface area contributed by atoms with Crippen LogP contribution in [0.25, 0.3) is 0 Å². The monoisotopic (exact) mass is 305 g/mol. The van der Waals surface area contributed by atoms with Crippen LogP contribution in [0.1, 0.15) is 13.3 Å². The van der Waals surface area contributed by atoms with Crippen LogP contribution in [0.3, 0.4) is 0 Å². The van der Waals surface area contributed by atoms with Crippen molar-refractivity contribution in [3.8, 4) is 0 Å². The second kappa shape index (κ2) is 7.85. The topological polar surface area (TPSA) is 55.4 Å². The molecule has 1 atom stereocenters. The van der Waals surface area contributed by atoms with Gasteiger partial charge in [-0.1, -0.05) is 23.7 Å². The molecule has 108 valence electrons. The average molecular weight is 306 g/mol. The highest BCUT2D eigenvalue weighted by molar-refractivity contribution is 7.92. The van der Waals surface area contributed by atoms with Gasteiger partial charge in [-0.2, -0.15) is 0 Å². The quantitative estimate of drug-likeness (QED) is 0.748. The fourth-order valence-electron chi connectivity index (χ4n) is 1.65. The van der Waals surface area contributed by atoms with E-state index in [-0.39, 0.29) is 9.92 Å². The fraction of sp³-hybridized carbons (Fsp3) is 0.538. The number of hydrogen-bond acceptors (Lipinski definition) is 4. The zero-order valence-corrected chi connectivity index (χ0v) is 12.8. The van der Waals surface area contributed by atoms with E-state index in [1.54, 1.807) is 38.3 Å². The van der Waals surface area contributed by atoms with Gasteiger partial charge in [0.1, 0.15) is 0 Å². The summed E-state index contributed by atoms with van der Waals surface area (Å²) in [5.74, 6) is 0. The second-order valence-electron chi connectivity index (χ2n) is 4.34. The number of hydrogen-bond donors (Lipinski definition) is 1. The molecule has 1 aromatic rings.